The summed E-state index contributed by atoms with van der Waals surface area (Å²) >= 11 is 0. The van der Waals surface area contributed by atoms with Crippen molar-refractivity contribution in [2.24, 2.45) is 0 Å². The van der Waals surface area contributed by atoms with E-state index in [1.165, 1.54) is 31.7 Å². The molecule has 0 aliphatic heterocycles. The lowest BCUT2D eigenvalue weighted by Crippen LogP contribution is -2.37. The average molecular weight is 294 g/mol. The fraction of sp³-hybridized carbons (Fsp3) is 0.647. The van der Waals surface area contributed by atoms with Gasteiger partial charge in [0.25, 0.3) is 0 Å². The Balaban J connectivity index is 1.93. The third-order valence-electron chi connectivity index (χ3n) is 4.53. The van der Waals surface area contributed by atoms with E-state index in [0.29, 0.717) is 6.04 Å². The maximum atomic E-state index is 13.4. The molecule has 118 valence electrons. The van der Waals surface area contributed by atoms with Crippen LogP contribution in [0.1, 0.15) is 43.7 Å². The monoisotopic (exact) mass is 294 g/mol. The second-order valence-corrected chi connectivity index (χ2v) is 5.88. The molecule has 1 unspecified atom stereocenters. The Kier molecular flexibility index (Phi) is 6.61. The van der Waals surface area contributed by atoms with Gasteiger partial charge in [0.1, 0.15) is 5.82 Å². The van der Waals surface area contributed by atoms with E-state index in [0.717, 1.165) is 25.1 Å². The second kappa shape index (κ2) is 8.47. The summed E-state index contributed by atoms with van der Waals surface area (Å²) in [6.45, 7) is 1.89. The normalized spacial score (nSPS) is 17.5. The van der Waals surface area contributed by atoms with Crippen molar-refractivity contribution < 1.29 is 9.50 Å². The van der Waals surface area contributed by atoms with Crippen molar-refractivity contribution in [1.29, 1.82) is 0 Å². The summed E-state index contributed by atoms with van der Waals surface area (Å²) in [5.74, 6) is -0.184. The van der Waals surface area contributed by atoms with Crippen molar-refractivity contribution in [2.75, 3.05) is 26.7 Å². The molecule has 2 N–H and O–H groups in total. The summed E-state index contributed by atoms with van der Waals surface area (Å²) in [7, 11) is 1.92. The SMILES string of the molecule is CNC(CCN(CCO)C1CCCC1)c1cccc(F)c1. The molecule has 2 rings (SSSR count). The Labute approximate surface area is 127 Å². The van der Waals surface area contributed by atoms with Gasteiger partial charge in [0.2, 0.25) is 0 Å². The fourth-order valence-electron chi connectivity index (χ4n) is 3.37. The van der Waals surface area contributed by atoms with Gasteiger partial charge in [0.15, 0.2) is 0 Å². The van der Waals surface area contributed by atoms with Gasteiger partial charge in [-0.25, -0.2) is 4.39 Å². The highest BCUT2D eigenvalue weighted by Gasteiger charge is 2.23. The number of aliphatic hydroxyl groups excluding tert-OH is 1. The largest absolute Gasteiger partial charge is 0.395 e. The van der Waals surface area contributed by atoms with Gasteiger partial charge in [0.05, 0.1) is 6.61 Å². The second-order valence-electron chi connectivity index (χ2n) is 5.88. The van der Waals surface area contributed by atoms with Crippen LogP contribution in [0, 0.1) is 5.82 Å². The molecule has 1 fully saturated rings. The van der Waals surface area contributed by atoms with Crippen molar-refractivity contribution in [3.8, 4) is 0 Å². The summed E-state index contributed by atoms with van der Waals surface area (Å²) in [4.78, 5) is 2.40. The lowest BCUT2D eigenvalue weighted by molar-refractivity contribution is 0.146. The molecule has 1 aromatic rings. The first-order valence-corrected chi connectivity index (χ1v) is 8.02. The van der Waals surface area contributed by atoms with Crippen LogP contribution >= 0.6 is 0 Å². The van der Waals surface area contributed by atoms with Crippen LogP contribution in [0.25, 0.3) is 0 Å². The van der Waals surface area contributed by atoms with Gasteiger partial charge >= 0.3 is 0 Å². The third-order valence-corrected chi connectivity index (χ3v) is 4.53. The van der Waals surface area contributed by atoms with Crippen molar-refractivity contribution in [3.05, 3.63) is 35.6 Å². The van der Waals surface area contributed by atoms with Crippen LogP contribution in [0.15, 0.2) is 24.3 Å². The molecule has 0 aromatic heterocycles. The van der Waals surface area contributed by atoms with Gasteiger partial charge in [0, 0.05) is 25.2 Å². The molecule has 1 saturated carbocycles. The number of rotatable bonds is 8. The number of halogens is 1. The zero-order valence-corrected chi connectivity index (χ0v) is 12.9. The standard InChI is InChI=1S/C17H27FN2O/c1-19-17(14-5-4-6-15(18)13-14)9-10-20(11-12-21)16-7-2-3-8-16/h4-6,13,16-17,19,21H,2-3,7-12H2,1H3. The molecule has 1 atom stereocenters. The van der Waals surface area contributed by atoms with Gasteiger partial charge < -0.3 is 10.4 Å². The minimum Gasteiger partial charge on any atom is -0.395 e. The van der Waals surface area contributed by atoms with E-state index in [-0.39, 0.29) is 18.5 Å². The Hall–Kier alpha value is -0.970. The number of hydrogen-bond acceptors (Lipinski definition) is 3. The number of benzene rings is 1. The average Bonchev–Trinajstić information content (AvgIpc) is 3.01. The summed E-state index contributed by atoms with van der Waals surface area (Å²) in [5, 5.41) is 12.5. The van der Waals surface area contributed by atoms with Crippen LogP contribution < -0.4 is 5.32 Å². The maximum Gasteiger partial charge on any atom is 0.123 e. The number of aliphatic hydroxyl groups is 1. The molecule has 0 saturated heterocycles. The predicted octanol–water partition coefficient (Wildman–Crippen LogP) is 2.71. The minimum absolute atomic E-state index is 0.156. The Morgan fingerprint density at radius 1 is 1.33 bits per heavy atom. The highest BCUT2D eigenvalue weighted by atomic mass is 19.1. The van der Waals surface area contributed by atoms with E-state index in [2.05, 4.69) is 10.2 Å². The summed E-state index contributed by atoms with van der Waals surface area (Å²) < 4.78 is 13.4. The smallest absolute Gasteiger partial charge is 0.123 e. The summed E-state index contributed by atoms with van der Waals surface area (Å²) in [6.07, 6.45) is 6.00. The number of nitrogens with one attached hydrogen (secondary N) is 1. The van der Waals surface area contributed by atoms with Crippen molar-refractivity contribution in [2.45, 2.75) is 44.2 Å². The van der Waals surface area contributed by atoms with E-state index in [1.807, 2.05) is 13.1 Å². The van der Waals surface area contributed by atoms with Gasteiger partial charge in [-0.3, -0.25) is 4.90 Å². The first-order chi connectivity index (χ1) is 10.2. The van der Waals surface area contributed by atoms with Crippen LogP contribution in [0.4, 0.5) is 4.39 Å². The van der Waals surface area contributed by atoms with E-state index in [9.17, 15) is 9.50 Å². The number of nitrogens with zero attached hydrogens (tertiary/aromatic N) is 1. The molecule has 0 heterocycles. The zero-order valence-electron chi connectivity index (χ0n) is 12.9. The quantitative estimate of drug-likeness (QED) is 0.774. The lowest BCUT2D eigenvalue weighted by Gasteiger charge is -2.30. The third kappa shape index (κ3) is 4.77. The molecular formula is C17H27FN2O. The minimum atomic E-state index is -0.184. The molecule has 0 bridgehead atoms. The highest BCUT2D eigenvalue weighted by molar-refractivity contribution is 5.20. The molecule has 21 heavy (non-hydrogen) atoms. The first kappa shape index (κ1) is 16.4. The first-order valence-electron chi connectivity index (χ1n) is 8.02. The van der Waals surface area contributed by atoms with Gasteiger partial charge in [-0.2, -0.15) is 0 Å². The fourth-order valence-corrected chi connectivity index (χ4v) is 3.37. The van der Waals surface area contributed by atoms with E-state index < -0.39 is 0 Å². The van der Waals surface area contributed by atoms with E-state index in [1.54, 1.807) is 12.1 Å². The van der Waals surface area contributed by atoms with Gasteiger partial charge in [-0.05, 0) is 44.0 Å². The molecule has 1 aromatic carbocycles. The van der Waals surface area contributed by atoms with Crippen molar-refractivity contribution in [3.63, 3.8) is 0 Å². The molecule has 0 spiro atoms. The molecule has 0 radical (unpaired) electrons. The van der Waals surface area contributed by atoms with E-state index in [4.69, 9.17) is 0 Å². The molecule has 1 aliphatic rings. The topological polar surface area (TPSA) is 35.5 Å². The molecule has 3 nitrogen and oxygen atoms in total. The molecule has 4 heteroatoms. The summed E-state index contributed by atoms with van der Waals surface area (Å²) in [5.41, 5.74) is 0.993. The van der Waals surface area contributed by atoms with Crippen LogP contribution in [0.5, 0.6) is 0 Å². The van der Waals surface area contributed by atoms with Crippen LogP contribution in [-0.2, 0) is 0 Å². The predicted molar refractivity (Wildman–Crippen MR) is 83.7 cm³/mol. The Morgan fingerprint density at radius 3 is 2.71 bits per heavy atom. The Bertz CT molecular complexity index is 421. The van der Waals surface area contributed by atoms with Gasteiger partial charge in [-0.15, -0.1) is 0 Å². The maximum absolute atomic E-state index is 13.4. The zero-order chi connectivity index (χ0) is 15.1. The lowest BCUT2D eigenvalue weighted by atomic mass is 10.0. The van der Waals surface area contributed by atoms with Crippen molar-refractivity contribution >= 4 is 0 Å². The van der Waals surface area contributed by atoms with Crippen LogP contribution in [-0.4, -0.2) is 42.8 Å². The number of hydrogen-bond donors (Lipinski definition) is 2. The highest BCUT2D eigenvalue weighted by Crippen LogP contribution is 2.25. The van der Waals surface area contributed by atoms with Crippen molar-refractivity contribution in [1.82, 2.24) is 10.2 Å². The molecular weight excluding hydrogens is 267 g/mol. The van der Waals surface area contributed by atoms with Gasteiger partial charge in [-0.1, -0.05) is 25.0 Å². The van der Waals surface area contributed by atoms with Crippen LogP contribution in [0.2, 0.25) is 0 Å². The molecule has 0 amide bonds. The Morgan fingerprint density at radius 2 is 2.10 bits per heavy atom. The van der Waals surface area contributed by atoms with Crippen LogP contribution in [0.3, 0.4) is 0 Å². The molecule has 1 aliphatic carbocycles. The van der Waals surface area contributed by atoms with E-state index >= 15 is 0 Å². The summed E-state index contributed by atoms with van der Waals surface area (Å²) in [6, 6.07) is 7.58.